The minimum absolute atomic E-state index is 0.300. The molecule has 0 atom stereocenters. The molecule has 2 rings (SSSR count). The number of rotatable bonds is 4. The third kappa shape index (κ3) is 2.64. The Kier molecular flexibility index (Phi) is 3.42. The van der Waals surface area contributed by atoms with Gasteiger partial charge in [-0.1, -0.05) is 13.0 Å². The Labute approximate surface area is 100 Å². The molecule has 2 N–H and O–H groups in total. The van der Waals surface area contributed by atoms with Gasteiger partial charge in [0.05, 0.1) is 6.54 Å². The molecule has 0 saturated heterocycles. The van der Waals surface area contributed by atoms with Crippen molar-refractivity contribution < 1.29 is 4.39 Å². The second-order valence-corrected chi connectivity index (χ2v) is 4.06. The monoisotopic (exact) mass is 233 g/mol. The van der Waals surface area contributed by atoms with Crippen LogP contribution in [0.2, 0.25) is 0 Å². The Morgan fingerprint density at radius 1 is 1.41 bits per heavy atom. The van der Waals surface area contributed by atoms with Gasteiger partial charge in [-0.2, -0.15) is 0 Å². The summed E-state index contributed by atoms with van der Waals surface area (Å²) >= 11 is 0. The van der Waals surface area contributed by atoms with Gasteiger partial charge in [0.1, 0.15) is 11.6 Å². The van der Waals surface area contributed by atoms with E-state index in [0.29, 0.717) is 12.2 Å². The quantitative estimate of drug-likeness (QED) is 0.825. The maximum atomic E-state index is 12.9. The lowest BCUT2D eigenvalue weighted by Gasteiger charge is -2.09. The van der Waals surface area contributed by atoms with Gasteiger partial charge in [0.25, 0.3) is 0 Å². The molecule has 17 heavy (non-hydrogen) atoms. The first-order valence-corrected chi connectivity index (χ1v) is 5.74. The van der Waals surface area contributed by atoms with Crippen molar-refractivity contribution in [3.05, 3.63) is 47.8 Å². The fourth-order valence-electron chi connectivity index (χ4n) is 1.83. The molecular formula is C13H16FN3. The van der Waals surface area contributed by atoms with Crippen molar-refractivity contribution in [3.8, 4) is 0 Å². The van der Waals surface area contributed by atoms with Crippen molar-refractivity contribution >= 4 is 5.69 Å². The summed E-state index contributed by atoms with van der Waals surface area (Å²) in [6, 6.07) is 4.51. The van der Waals surface area contributed by atoms with E-state index in [1.165, 1.54) is 12.1 Å². The Morgan fingerprint density at radius 2 is 2.24 bits per heavy atom. The number of hydrogen-bond acceptors (Lipinski definition) is 2. The zero-order valence-electron chi connectivity index (χ0n) is 9.86. The third-order valence-corrected chi connectivity index (χ3v) is 2.72. The normalized spacial score (nSPS) is 10.7. The van der Waals surface area contributed by atoms with E-state index in [2.05, 4.69) is 11.9 Å². The van der Waals surface area contributed by atoms with E-state index >= 15 is 0 Å². The number of benzene rings is 1. The summed E-state index contributed by atoms with van der Waals surface area (Å²) in [5.41, 5.74) is 7.19. The Balaban J connectivity index is 2.22. The molecule has 0 unspecified atom stereocenters. The van der Waals surface area contributed by atoms with E-state index < -0.39 is 0 Å². The molecule has 1 aromatic carbocycles. The average molecular weight is 233 g/mol. The Hall–Kier alpha value is -1.84. The summed E-state index contributed by atoms with van der Waals surface area (Å²) in [4.78, 5) is 4.30. The number of imidazole rings is 1. The predicted octanol–water partition coefficient (Wildman–Crippen LogP) is 2.61. The summed E-state index contributed by atoms with van der Waals surface area (Å²) in [5.74, 6) is 0.738. The molecule has 0 fully saturated rings. The Morgan fingerprint density at radius 3 is 2.94 bits per heavy atom. The molecule has 0 amide bonds. The lowest BCUT2D eigenvalue weighted by Crippen LogP contribution is -2.06. The molecule has 90 valence electrons. The number of nitrogens with zero attached hydrogens (tertiary/aromatic N) is 2. The fraction of sp³-hybridized carbons (Fsp3) is 0.308. The van der Waals surface area contributed by atoms with Crippen LogP contribution in [0.5, 0.6) is 0 Å². The largest absolute Gasteiger partial charge is 0.398 e. The second-order valence-electron chi connectivity index (χ2n) is 4.06. The van der Waals surface area contributed by atoms with Gasteiger partial charge in [0.2, 0.25) is 0 Å². The molecule has 0 aliphatic heterocycles. The molecule has 1 heterocycles. The molecule has 3 nitrogen and oxygen atoms in total. The van der Waals surface area contributed by atoms with Crippen molar-refractivity contribution in [2.45, 2.75) is 26.3 Å². The molecule has 0 spiro atoms. The smallest absolute Gasteiger partial charge is 0.125 e. The summed E-state index contributed by atoms with van der Waals surface area (Å²) in [6.45, 7) is 2.76. The van der Waals surface area contributed by atoms with E-state index in [1.807, 2.05) is 10.8 Å². The predicted molar refractivity (Wildman–Crippen MR) is 66.1 cm³/mol. The van der Waals surface area contributed by atoms with Gasteiger partial charge < -0.3 is 10.3 Å². The summed E-state index contributed by atoms with van der Waals surface area (Å²) in [6.07, 6.45) is 5.70. The number of anilines is 1. The zero-order valence-corrected chi connectivity index (χ0v) is 9.86. The van der Waals surface area contributed by atoms with Crippen LogP contribution in [0.15, 0.2) is 30.6 Å². The highest BCUT2D eigenvalue weighted by Gasteiger charge is 2.05. The van der Waals surface area contributed by atoms with Gasteiger partial charge in [-0.05, 0) is 24.1 Å². The minimum atomic E-state index is -0.300. The highest BCUT2D eigenvalue weighted by atomic mass is 19.1. The molecule has 1 aromatic heterocycles. The van der Waals surface area contributed by atoms with Crippen molar-refractivity contribution in [1.29, 1.82) is 0 Å². The summed E-state index contributed by atoms with van der Waals surface area (Å²) in [7, 11) is 0. The molecule has 0 aliphatic rings. The van der Waals surface area contributed by atoms with E-state index in [-0.39, 0.29) is 5.82 Å². The molecule has 4 heteroatoms. The van der Waals surface area contributed by atoms with Crippen LogP contribution >= 0.6 is 0 Å². The second kappa shape index (κ2) is 4.99. The van der Waals surface area contributed by atoms with Crippen LogP contribution in [-0.4, -0.2) is 9.55 Å². The van der Waals surface area contributed by atoms with Crippen LogP contribution in [-0.2, 0) is 13.0 Å². The maximum absolute atomic E-state index is 12.9. The van der Waals surface area contributed by atoms with Crippen molar-refractivity contribution in [2.24, 2.45) is 0 Å². The zero-order chi connectivity index (χ0) is 12.3. The first kappa shape index (κ1) is 11.6. The number of halogens is 1. The van der Waals surface area contributed by atoms with Crippen molar-refractivity contribution in [1.82, 2.24) is 9.55 Å². The highest BCUT2D eigenvalue weighted by Crippen LogP contribution is 2.16. The number of hydrogen-bond donors (Lipinski definition) is 1. The summed E-state index contributed by atoms with van der Waals surface area (Å²) < 4.78 is 15.0. The molecule has 2 aromatic rings. The number of nitrogens with two attached hydrogens (primary N) is 1. The molecule has 0 radical (unpaired) electrons. The topological polar surface area (TPSA) is 43.8 Å². The standard InChI is InChI=1S/C13H16FN3/c1-2-3-13-16-6-7-17(13)9-10-4-5-11(14)8-12(10)15/h4-8H,2-3,9,15H2,1H3. The van der Waals surface area contributed by atoms with Crippen LogP contribution in [0.25, 0.3) is 0 Å². The number of nitrogen functional groups attached to an aromatic ring is 1. The van der Waals surface area contributed by atoms with Crippen molar-refractivity contribution in [3.63, 3.8) is 0 Å². The summed E-state index contributed by atoms with van der Waals surface area (Å²) in [5, 5.41) is 0. The fourth-order valence-corrected chi connectivity index (χ4v) is 1.83. The first-order chi connectivity index (χ1) is 8.20. The molecule has 0 aliphatic carbocycles. The molecular weight excluding hydrogens is 217 g/mol. The van der Waals surface area contributed by atoms with E-state index in [1.54, 1.807) is 12.3 Å². The van der Waals surface area contributed by atoms with E-state index in [0.717, 1.165) is 24.2 Å². The van der Waals surface area contributed by atoms with Crippen LogP contribution in [0.1, 0.15) is 24.7 Å². The minimum Gasteiger partial charge on any atom is -0.398 e. The van der Waals surface area contributed by atoms with Crippen LogP contribution in [0.3, 0.4) is 0 Å². The van der Waals surface area contributed by atoms with Crippen LogP contribution in [0, 0.1) is 5.82 Å². The lowest BCUT2D eigenvalue weighted by atomic mass is 10.1. The number of aromatic nitrogens is 2. The van der Waals surface area contributed by atoms with Gasteiger partial charge in [0, 0.05) is 24.5 Å². The first-order valence-electron chi connectivity index (χ1n) is 5.74. The lowest BCUT2D eigenvalue weighted by molar-refractivity contribution is 0.626. The molecule has 0 bridgehead atoms. The van der Waals surface area contributed by atoms with Crippen LogP contribution in [0.4, 0.5) is 10.1 Å². The van der Waals surface area contributed by atoms with E-state index in [9.17, 15) is 4.39 Å². The van der Waals surface area contributed by atoms with Gasteiger partial charge in [-0.15, -0.1) is 0 Å². The van der Waals surface area contributed by atoms with Gasteiger partial charge >= 0.3 is 0 Å². The Bertz CT molecular complexity index is 505. The molecule has 0 saturated carbocycles. The van der Waals surface area contributed by atoms with E-state index in [4.69, 9.17) is 5.73 Å². The maximum Gasteiger partial charge on any atom is 0.125 e. The van der Waals surface area contributed by atoms with Gasteiger partial charge in [0.15, 0.2) is 0 Å². The van der Waals surface area contributed by atoms with Crippen LogP contribution < -0.4 is 5.73 Å². The highest BCUT2D eigenvalue weighted by molar-refractivity contribution is 5.47. The average Bonchev–Trinajstić information content (AvgIpc) is 2.71. The number of aryl methyl sites for hydroxylation is 1. The van der Waals surface area contributed by atoms with Crippen molar-refractivity contribution in [2.75, 3.05) is 5.73 Å². The van der Waals surface area contributed by atoms with Gasteiger partial charge in [-0.3, -0.25) is 0 Å². The SMILES string of the molecule is CCCc1nccn1Cc1ccc(F)cc1N. The third-order valence-electron chi connectivity index (χ3n) is 2.72. The van der Waals surface area contributed by atoms with Gasteiger partial charge in [-0.25, -0.2) is 9.37 Å².